The fourth-order valence-corrected chi connectivity index (χ4v) is 2.09. The highest BCUT2D eigenvalue weighted by molar-refractivity contribution is 6.04. The predicted molar refractivity (Wildman–Crippen MR) is 73.8 cm³/mol. The van der Waals surface area contributed by atoms with Gasteiger partial charge in [-0.25, -0.2) is 4.79 Å². The average molecular weight is 270 g/mol. The zero-order chi connectivity index (χ0) is 14.3. The number of carbonyl (C=O) groups excluding carboxylic acids is 2. The molecule has 3 amide bonds. The quantitative estimate of drug-likeness (QED) is 0.516. The van der Waals surface area contributed by atoms with Crippen molar-refractivity contribution in [2.24, 2.45) is 5.92 Å². The molecule has 1 fully saturated rings. The first-order valence-electron chi connectivity index (χ1n) is 7.25. The fraction of sp³-hybridized carbons (Fsp3) is 0.857. The number of carbonyl (C=O) groups is 2. The minimum absolute atomic E-state index is 0.0905. The molecule has 0 bridgehead atoms. The highest BCUT2D eigenvalue weighted by atomic mass is 16.5. The molecule has 1 heterocycles. The Kier molecular flexibility index (Phi) is 6.84. The van der Waals surface area contributed by atoms with Crippen LogP contribution in [0.3, 0.4) is 0 Å². The molecule has 1 aliphatic rings. The second-order valence-electron chi connectivity index (χ2n) is 5.44. The van der Waals surface area contributed by atoms with Crippen LogP contribution in [0.1, 0.15) is 46.5 Å². The van der Waals surface area contributed by atoms with Crippen LogP contribution >= 0.6 is 0 Å². The molecule has 0 aromatic heterocycles. The van der Waals surface area contributed by atoms with Crippen molar-refractivity contribution in [1.29, 1.82) is 0 Å². The van der Waals surface area contributed by atoms with Crippen LogP contribution in [0.5, 0.6) is 0 Å². The van der Waals surface area contributed by atoms with E-state index in [0.717, 1.165) is 19.4 Å². The second kappa shape index (κ2) is 8.15. The maximum Gasteiger partial charge on any atom is 0.324 e. The van der Waals surface area contributed by atoms with Gasteiger partial charge in [0.05, 0.1) is 0 Å². The van der Waals surface area contributed by atoms with Gasteiger partial charge >= 0.3 is 6.03 Å². The summed E-state index contributed by atoms with van der Waals surface area (Å²) in [4.78, 5) is 25.0. The molecule has 110 valence electrons. The van der Waals surface area contributed by atoms with Gasteiger partial charge in [0, 0.05) is 19.8 Å². The highest BCUT2D eigenvalue weighted by Gasteiger charge is 2.37. The first-order valence-corrected chi connectivity index (χ1v) is 7.25. The molecule has 0 radical (unpaired) electrons. The summed E-state index contributed by atoms with van der Waals surface area (Å²) in [6.45, 7) is 8.02. The SMILES string of the molecule is CCCCOCCCN1C(=O)NC(CC(C)C)C1=O. The lowest BCUT2D eigenvalue weighted by atomic mass is 10.0. The third-order valence-corrected chi connectivity index (χ3v) is 3.13. The van der Waals surface area contributed by atoms with E-state index in [1.165, 1.54) is 4.90 Å². The summed E-state index contributed by atoms with van der Waals surface area (Å²) in [7, 11) is 0. The number of hydrogen-bond acceptors (Lipinski definition) is 3. The molecule has 0 saturated carbocycles. The van der Waals surface area contributed by atoms with E-state index in [4.69, 9.17) is 4.74 Å². The molecule has 0 aromatic rings. The monoisotopic (exact) mass is 270 g/mol. The van der Waals surface area contributed by atoms with Crippen LogP contribution in [0.2, 0.25) is 0 Å². The molecule has 5 nitrogen and oxygen atoms in total. The van der Waals surface area contributed by atoms with Crippen LogP contribution in [-0.4, -0.2) is 42.6 Å². The van der Waals surface area contributed by atoms with Crippen molar-refractivity contribution >= 4 is 11.9 Å². The van der Waals surface area contributed by atoms with Gasteiger partial charge in [0.15, 0.2) is 0 Å². The van der Waals surface area contributed by atoms with E-state index in [0.29, 0.717) is 31.9 Å². The molecule has 1 atom stereocenters. The summed E-state index contributed by atoms with van der Waals surface area (Å²) in [5.41, 5.74) is 0. The third kappa shape index (κ3) is 5.19. The van der Waals surface area contributed by atoms with E-state index in [1.54, 1.807) is 0 Å². The van der Waals surface area contributed by atoms with E-state index in [1.807, 2.05) is 13.8 Å². The zero-order valence-electron chi connectivity index (χ0n) is 12.3. The van der Waals surface area contributed by atoms with Crippen LogP contribution in [0.25, 0.3) is 0 Å². The molecule has 0 aliphatic carbocycles. The topological polar surface area (TPSA) is 58.6 Å². The third-order valence-electron chi connectivity index (χ3n) is 3.13. The summed E-state index contributed by atoms with van der Waals surface area (Å²) < 4.78 is 5.43. The number of unbranched alkanes of at least 4 members (excludes halogenated alkanes) is 1. The minimum atomic E-state index is -0.339. The van der Waals surface area contributed by atoms with Crippen molar-refractivity contribution in [2.75, 3.05) is 19.8 Å². The normalized spacial score (nSPS) is 19.4. The molecule has 1 unspecified atom stereocenters. The highest BCUT2D eigenvalue weighted by Crippen LogP contribution is 2.14. The number of hydrogen-bond donors (Lipinski definition) is 1. The van der Waals surface area contributed by atoms with Crippen LogP contribution < -0.4 is 5.32 Å². The molecule has 1 rings (SSSR count). The smallest absolute Gasteiger partial charge is 0.324 e. The van der Waals surface area contributed by atoms with Crippen molar-refractivity contribution in [3.63, 3.8) is 0 Å². The summed E-state index contributed by atoms with van der Waals surface area (Å²) >= 11 is 0. The first-order chi connectivity index (χ1) is 9.06. The Bertz CT molecular complexity index is 305. The number of ether oxygens (including phenoxy) is 1. The maximum atomic E-state index is 12.0. The van der Waals surface area contributed by atoms with E-state index in [-0.39, 0.29) is 18.0 Å². The average Bonchev–Trinajstić information content (AvgIpc) is 2.59. The van der Waals surface area contributed by atoms with Gasteiger partial charge in [-0.2, -0.15) is 0 Å². The molecular formula is C14H26N2O3. The van der Waals surface area contributed by atoms with Gasteiger partial charge in [0.25, 0.3) is 5.91 Å². The maximum absolute atomic E-state index is 12.0. The predicted octanol–water partition coefficient (Wildman–Crippen LogP) is 2.16. The van der Waals surface area contributed by atoms with E-state index < -0.39 is 0 Å². The lowest BCUT2D eigenvalue weighted by Gasteiger charge is -2.13. The number of nitrogens with zero attached hydrogens (tertiary/aromatic N) is 1. The Hall–Kier alpha value is -1.10. The van der Waals surface area contributed by atoms with E-state index in [9.17, 15) is 9.59 Å². The number of imide groups is 1. The largest absolute Gasteiger partial charge is 0.381 e. The lowest BCUT2D eigenvalue weighted by Crippen LogP contribution is -2.33. The molecule has 1 saturated heterocycles. The number of nitrogens with one attached hydrogen (secondary N) is 1. The number of urea groups is 1. The zero-order valence-corrected chi connectivity index (χ0v) is 12.3. The van der Waals surface area contributed by atoms with Gasteiger partial charge in [-0.15, -0.1) is 0 Å². The molecule has 5 heteroatoms. The summed E-state index contributed by atoms with van der Waals surface area (Å²) in [6.07, 6.45) is 3.58. The first kappa shape index (κ1) is 16.0. The standard InChI is InChI=1S/C14H26N2O3/c1-4-5-8-19-9-6-7-16-13(17)12(10-11(2)3)15-14(16)18/h11-12H,4-10H2,1-3H3,(H,15,18). The van der Waals surface area contributed by atoms with Crippen molar-refractivity contribution in [3.8, 4) is 0 Å². The molecular weight excluding hydrogens is 244 g/mol. The molecule has 0 aromatic carbocycles. The second-order valence-corrected chi connectivity index (χ2v) is 5.44. The van der Waals surface area contributed by atoms with Crippen molar-refractivity contribution in [3.05, 3.63) is 0 Å². The van der Waals surface area contributed by atoms with Crippen molar-refractivity contribution in [2.45, 2.75) is 52.5 Å². The van der Waals surface area contributed by atoms with Gasteiger partial charge in [-0.1, -0.05) is 27.2 Å². The number of rotatable bonds is 9. The van der Waals surface area contributed by atoms with Gasteiger partial charge in [-0.05, 0) is 25.2 Å². The summed E-state index contributed by atoms with van der Waals surface area (Å²) in [5.74, 6) is 0.304. The molecule has 1 N–H and O–H groups in total. The van der Waals surface area contributed by atoms with Crippen LogP contribution in [0.15, 0.2) is 0 Å². The molecule has 0 spiro atoms. The summed E-state index contributed by atoms with van der Waals surface area (Å²) in [5, 5.41) is 2.74. The minimum Gasteiger partial charge on any atom is -0.381 e. The van der Waals surface area contributed by atoms with Crippen molar-refractivity contribution in [1.82, 2.24) is 10.2 Å². The van der Waals surface area contributed by atoms with E-state index in [2.05, 4.69) is 12.2 Å². The van der Waals surface area contributed by atoms with Gasteiger partial charge in [0.1, 0.15) is 6.04 Å². The van der Waals surface area contributed by atoms with Gasteiger partial charge < -0.3 is 10.1 Å². The van der Waals surface area contributed by atoms with Crippen LogP contribution in [-0.2, 0) is 9.53 Å². The van der Waals surface area contributed by atoms with Gasteiger partial charge in [0.2, 0.25) is 0 Å². The fourth-order valence-electron chi connectivity index (χ4n) is 2.09. The lowest BCUT2D eigenvalue weighted by molar-refractivity contribution is -0.127. The Morgan fingerprint density at radius 3 is 2.58 bits per heavy atom. The van der Waals surface area contributed by atoms with Gasteiger partial charge in [-0.3, -0.25) is 9.69 Å². The summed E-state index contributed by atoms with van der Waals surface area (Å²) in [6, 6.07) is -0.599. The Labute approximate surface area is 115 Å². The van der Waals surface area contributed by atoms with Crippen molar-refractivity contribution < 1.29 is 14.3 Å². The van der Waals surface area contributed by atoms with Crippen LogP contribution in [0, 0.1) is 5.92 Å². The molecule has 1 aliphatic heterocycles. The van der Waals surface area contributed by atoms with E-state index >= 15 is 0 Å². The molecule has 19 heavy (non-hydrogen) atoms. The Balaban J connectivity index is 2.26. The Morgan fingerprint density at radius 2 is 1.95 bits per heavy atom. The van der Waals surface area contributed by atoms with Crippen LogP contribution in [0.4, 0.5) is 4.79 Å². The number of amides is 3. The Morgan fingerprint density at radius 1 is 1.26 bits per heavy atom.